The Morgan fingerprint density at radius 2 is 2.25 bits per heavy atom. The largest absolute Gasteiger partial charge is 0.271 e. The summed E-state index contributed by atoms with van der Waals surface area (Å²) in [6, 6.07) is 0.355. The van der Waals surface area contributed by atoms with E-state index < -0.39 is 0 Å². The maximum Gasteiger partial charge on any atom is 0.0310 e. The van der Waals surface area contributed by atoms with Gasteiger partial charge in [-0.25, -0.2) is 0 Å². The molecule has 1 atom stereocenters. The maximum absolute atomic E-state index is 5.37. The van der Waals surface area contributed by atoms with Crippen molar-refractivity contribution in [1.29, 1.82) is 0 Å². The molecule has 0 saturated heterocycles. The number of rotatable bonds is 6. The molecule has 0 aromatic carbocycles. The molecule has 2 nitrogen and oxygen atoms in total. The zero-order chi connectivity index (χ0) is 9.40. The molecule has 0 heterocycles. The fourth-order valence-corrected chi connectivity index (χ4v) is 1.66. The Hall–Kier alpha value is -0.170. The van der Waals surface area contributed by atoms with E-state index in [4.69, 9.17) is 12.3 Å². The highest BCUT2D eigenvalue weighted by Crippen LogP contribution is 2.12. The number of thioether (sulfide) groups is 1. The molecule has 0 rings (SSSR count). The van der Waals surface area contributed by atoms with Gasteiger partial charge >= 0.3 is 0 Å². The molecule has 12 heavy (non-hydrogen) atoms. The fourth-order valence-electron chi connectivity index (χ4n) is 0.781. The van der Waals surface area contributed by atoms with Crippen LogP contribution in [0.5, 0.6) is 0 Å². The van der Waals surface area contributed by atoms with Crippen molar-refractivity contribution in [1.82, 2.24) is 5.43 Å². The highest BCUT2D eigenvalue weighted by Gasteiger charge is 2.06. The van der Waals surface area contributed by atoms with Gasteiger partial charge < -0.3 is 0 Å². The quantitative estimate of drug-likeness (QED) is 0.374. The Labute approximate surface area is 79.6 Å². The van der Waals surface area contributed by atoms with E-state index in [1.54, 1.807) is 0 Å². The van der Waals surface area contributed by atoms with Gasteiger partial charge in [0.2, 0.25) is 0 Å². The first-order chi connectivity index (χ1) is 5.70. The van der Waals surface area contributed by atoms with Crippen molar-refractivity contribution in [2.24, 2.45) is 5.84 Å². The summed E-state index contributed by atoms with van der Waals surface area (Å²) in [7, 11) is 0. The van der Waals surface area contributed by atoms with Crippen LogP contribution in [0.3, 0.4) is 0 Å². The lowest BCUT2D eigenvalue weighted by atomic mass is 10.2. The number of hydrazine groups is 1. The molecule has 0 aliphatic rings. The van der Waals surface area contributed by atoms with Crippen LogP contribution in [0, 0.1) is 12.3 Å². The molecule has 3 N–H and O–H groups in total. The second kappa shape index (κ2) is 7.48. The van der Waals surface area contributed by atoms with E-state index in [2.05, 4.69) is 25.2 Å². The summed E-state index contributed by atoms with van der Waals surface area (Å²) in [5.41, 5.74) is 2.78. The summed E-state index contributed by atoms with van der Waals surface area (Å²) in [5.74, 6) is 9.02. The molecule has 0 saturated carbocycles. The molecule has 0 aliphatic heterocycles. The zero-order valence-electron chi connectivity index (χ0n) is 7.84. The van der Waals surface area contributed by atoms with E-state index in [1.807, 2.05) is 11.8 Å². The number of hydrogen-bond donors (Lipinski definition) is 2. The smallest absolute Gasteiger partial charge is 0.0310 e. The molecule has 1 unspecified atom stereocenters. The van der Waals surface area contributed by atoms with Gasteiger partial charge in [-0.05, 0) is 11.7 Å². The Morgan fingerprint density at radius 1 is 1.58 bits per heavy atom. The predicted molar refractivity (Wildman–Crippen MR) is 56.8 cm³/mol. The van der Waals surface area contributed by atoms with Crippen LogP contribution >= 0.6 is 11.8 Å². The van der Waals surface area contributed by atoms with Gasteiger partial charge in [-0.1, -0.05) is 13.8 Å². The zero-order valence-corrected chi connectivity index (χ0v) is 8.66. The molecule has 0 radical (unpaired) electrons. The van der Waals surface area contributed by atoms with E-state index >= 15 is 0 Å². The summed E-state index contributed by atoms with van der Waals surface area (Å²) in [6.07, 6.45) is 6.93. The normalized spacial score (nSPS) is 12.9. The highest BCUT2D eigenvalue weighted by atomic mass is 32.2. The minimum Gasteiger partial charge on any atom is -0.271 e. The van der Waals surface area contributed by atoms with Gasteiger partial charge in [-0.2, -0.15) is 11.8 Å². The van der Waals surface area contributed by atoms with Crippen LogP contribution in [0.2, 0.25) is 0 Å². The van der Waals surface area contributed by atoms with E-state index in [0.29, 0.717) is 11.3 Å². The minimum atomic E-state index is 0.355. The summed E-state index contributed by atoms with van der Waals surface area (Å²) in [5, 5.41) is 0.659. The third-order valence-corrected chi connectivity index (χ3v) is 2.77. The second-order valence-corrected chi connectivity index (χ2v) is 4.60. The Bertz CT molecular complexity index is 140. The van der Waals surface area contributed by atoms with Crippen molar-refractivity contribution in [2.75, 3.05) is 5.75 Å². The lowest BCUT2D eigenvalue weighted by Gasteiger charge is -2.15. The Balaban J connectivity index is 3.47. The van der Waals surface area contributed by atoms with Crippen LogP contribution in [0.25, 0.3) is 0 Å². The first-order valence-corrected chi connectivity index (χ1v) is 5.26. The van der Waals surface area contributed by atoms with Gasteiger partial charge in [-0.3, -0.25) is 11.3 Å². The average Bonchev–Trinajstić information content (AvgIpc) is 2.05. The third kappa shape index (κ3) is 6.53. The minimum absolute atomic E-state index is 0.355. The molecule has 0 aliphatic carbocycles. The van der Waals surface area contributed by atoms with E-state index in [0.717, 1.165) is 18.6 Å². The molecule has 0 spiro atoms. The van der Waals surface area contributed by atoms with Crippen LogP contribution in [-0.2, 0) is 0 Å². The molecule has 0 aromatic rings. The van der Waals surface area contributed by atoms with Gasteiger partial charge in [0.25, 0.3) is 0 Å². The van der Waals surface area contributed by atoms with Gasteiger partial charge in [0, 0.05) is 18.2 Å². The number of nitrogens with two attached hydrogens (primary N) is 1. The lowest BCUT2D eigenvalue weighted by molar-refractivity contribution is 0.546. The first-order valence-electron chi connectivity index (χ1n) is 4.22. The van der Waals surface area contributed by atoms with Gasteiger partial charge in [0.05, 0.1) is 0 Å². The van der Waals surface area contributed by atoms with Crippen LogP contribution in [0.1, 0.15) is 26.7 Å². The lowest BCUT2D eigenvalue weighted by Crippen LogP contribution is -2.37. The van der Waals surface area contributed by atoms with Crippen LogP contribution < -0.4 is 11.3 Å². The molecule has 0 amide bonds. The van der Waals surface area contributed by atoms with Crippen LogP contribution in [0.4, 0.5) is 0 Å². The molecule has 70 valence electrons. The van der Waals surface area contributed by atoms with Crippen molar-refractivity contribution in [3.8, 4) is 12.3 Å². The van der Waals surface area contributed by atoms with Crippen LogP contribution in [0.15, 0.2) is 0 Å². The molecular formula is C9H18N2S. The van der Waals surface area contributed by atoms with Gasteiger partial charge in [-0.15, -0.1) is 12.3 Å². The summed E-state index contributed by atoms with van der Waals surface area (Å²) >= 11 is 1.90. The number of nitrogens with one attached hydrogen (secondary N) is 1. The third-order valence-electron chi connectivity index (χ3n) is 1.50. The summed E-state index contributed by atoms with van der Waals surface area (Å²) in [4.78, 5) is 0. The molecule has 0 fully saturated rings. The second-order valence-electron chi connectivity index (χ2n) is 2.99. The maximum atomic E-state index is 5.37. The topological polar surface area (TPSA) is 38.0 Å². The van der Waals surface area contributed by atoms with Crippen molar-refractivity contribution in [2.45, 2.75) is 38.0 Å². The van der Waals surface area contributed by atoms with E-state index in [1.165, 1.54) is 0 Å². The standard InChI is InChI=1S/C9H18N2S/c1-4-5-6-9(11-10)7-12-8(2)3/h1,8-9,11H,5-7,10H2,2-3H3. The molecule has 3 heteroatoms. The van der Waals surface area contributed by atoms with Gasteiger partial charge in [0.15, 0.2) is 0 Å². The number of terminal acetylenes is 1. The first kappa shape index (κ1) is 11.8. The summed E-state index contributed by atoms with van der Waals surface area (Å²) in [6.45, 7) is 4.36. The van der Waals surface area contributed by atoms with Crippen molar-refractivity contribution >= 4 is 11.8 Å². The fraction of sp³-hybridized carbons (Fsp3) is 0.778. The predicted octanol–water partition coefficient (Wildman–Crippen LogP) is 1.37. The van der Waals surface area contributed by atoms with Gasteiger partial charge in [0.1, 0.15) is 0 Å². The molecular weight excluding hydrogens is 168 g/mol. The monoisotopic (exact) mass is 186 g/mol. The SMILES string of the molecule is C#CCCC(CSC(C)C)NN. The number of hydrogen-bond acceptors (Lipinski definition) is 3. The van der Waals surface area contributed by atoms with E-state index in [-0.39, 0.29) is 0 Å². The summed E-state index contributed by atoms with van der Waals surface area (Å²) < 4.78 is 0. The van der Waals surface area contributed by atoms with Crippen molar-refractivity contribution in [3.63, 3.8) is 0 Å². The van der Waals surface area contributed by atoms with Crippen molar-refractivity contribution in [3.05, 3.63) is 0 Å². The highest BCUT2D eigenvalue weighted by molar-refractivity contribution is 7.99. The Morgan fingerprint density at radius 3 is 2.67 bits per heavy atom. The molecule has 0 aromatic heterocycles. The molecule has 0 bridgehead atoms. The van der Waals surface area contributed by atoms with E-state index in [9.17, 15) is 0 Å². The van der Waals surface area contributed by atoms with Crippen LogP contribution in [-0.4, -0.2) is 17.0 Å². The average molecular weight is 186 g/mol. The Kier molecular flexibility index (Phi) is 7.37. The van der Waals surface area contributed by atoms with Crippen molar-refractivity contribution < 1.29 is 0 Å².